The first-order chi connectivity index (χ1) is 14.2. The molecule has 0 bridgehead atoms. The third-order valence-electron chi connectivity index (χ3n) is 4.69. The number of piperidine rings is 1. The Labute approximate surface area is 170 Å². The van der Waals surface area contributed by atoms with Gasteiger partial charge in [-0.05, 0) is 6.92 Å². The lowest BCUT2D eigenvalue weighted by Gasteiger charge is -2.30. The number of carbonyl (C=O) groups is 2. The number of aromatic nitrogens is 2. The predicted molar refractivity (Wildman–Crippen MR) is 103 cm³/mol. The van der Waals surface area contributed by atoms with Crippen LogP contribution in [0.1, 0.15) is 24.8 Å². The van der Waals surface area contributed by atoms with E-state index >= 15 is 0 Å². The molecule has 4 N–H and O–H groups in total. The van der Waals surface area contributed by atoms with Crippen LogP contribution in [0, 0.1) is 6.92 Å². The van der Waals surface area contributed by atoms with Gasteiger partial charge >= 0.3 is 12.1 Å². The van der Waals surface area contributed by atoms with Crippen LogP contribution in [0.25, 0.3) is 0 Å². The number of amides is 3. The highest BCUT2D eigenvalue weighted by Gasteiger charge is 2.25. The Hall–Kier alpha value is -3.57. The molecule has 2 aliphatic rings. The molecule has 1 aromatic rings. The molecule has 12 heteroatoms. The standard InChI is InChI=1S/C18H20F2N6O4/c1-9-15(24-13-6-12(20)14(7-11(13)19)25-17(21)27)22-8-23-16(9)30-10-2-4-26(5-3-10)18(28)29/h6,8,10H,2-5,7H2,1H3,(H2,21,27)(H,28,29)(H,22,23,24). The molecular formula is C18H20F2N6O4. The number of ether oxygens (including phenoxy) is 1. The average molecular weight is 422 g/mol. The highest BCUT2D eigenvalue weighted by Crippen LogP contribution is 2.29. The maximum absolute atomic E-state index is 14.4. The molecule has 1 fully saturated rings. The van der Waals surface area contributed by atoms with Gasteiger partial charge in [0.1, 0.15) is 29.9 Å². The Kier molecular flexibility index (Phi) is 6.23. The number of nitrogens with two attached hydrogens (primary N) is 1. The van der Waals surface area contributed by atoms with Crippen molar-refractivity contribution in [1.29, 1.82) is 0 Å². The van der Waals surface area contributed by atoms with Gasteiger partial charge in [0.05, 0.1) is 17.0 Å². The summed E-state index contributed by atoms with van der Waals surface area (Å²) in [6, 6.07) is -1.11. The highest BCUT2D eigenvalue weighted by atomic mass is 19.1. The summed E-state index contributed by atoms with van der Waals surface area (Å²) in [5.74, 6) is -1.14. The molecule has 1 saturated heterocycles. The second-order valence-electron chi connectivity index (χ2n) is 6.75. The molecule has 1 aliphatic heterocycles. The van der Waals surface area contributed by atoms with Crippen molar-refractivity contribution in [2.45, 2.75) is 32.3 Å². The second-order valence-corrected chi connectivity index (χ2v) is 6.75. The smallest absolute Gasteiger partial charge is 0.407 e. The van der Waals surface area contributed by atoms with Crippen LogP contribution in [-0.4, -0.2) is 57.0 Å². The third-order valence-corrected chi connectivity index (χ3v) is 4.69. The van der Waals surface area contributed by atoms with Crippen LogP contribution in [0.3, 0.4) is 0 Å². The minimum absolute atomic E-state index is 0.168. The summed E-state index contributed by atoms with van der Waals surface area (Å²) in [4.78, 5) is 34.5. The molecule has 0 aromatic carbocycles. The summed E-state index contributed by atoms with van der Waals surface area (Å²) in [5, 5.41) is 11.7. The molecule has 0 atom stereocenters. The average Bonchev–Trinajstić information content (AvgIpc) is 2.68. The lowest BCUT2D eigenvalue weighted by atomic mass is 10.1. The molecule has 160 valence electrons. The number of halogens is 2. The molecule has 0 unspecified atom stereocenters. The molecule has 1 aromatic heterocycles. The number of hydrogen-bond donors (Lipinski definition) is 3. The van der Waals surface area contributed by atoms with Crippen molar-refractivity contribution in [3.05, 3.63) is 35.3 Å². The fourth-order valence-electron chi connectivity index (χ4n) is 3.07. The Morgan fingerprint density at radius 2 is 2.03 bits per heavy atom. The van der Waals surface area contributed by atoms with Gasteiger partial charge in [0.15, 0.2) is 0 Å². The first kappa shape index (κ1) is 21.1. The number of rotatable bonds is 4. The lowest BCUT2D eigenvalue weighted by Crippen LogP contribution is -2.41. The number of likely N-dealkylation sites (tertiary alicyclic amines) is 1. The number of nitrogens with zero attached hydrogens (tertiary/aromatic N) is 4. The number of nitrogens with one attached hydrogen (secondary N) is 1. The molecule has 3 amide bonds. The molecule has 3 rings (SSSR count). The number of primary amides is 1. The number of aliphatic imine (C=N–C) groups is 1. The zero-order valence-corrected chi connectivity index (χ0v) is 16.1. The summed E-state index contributed by atoms with van der Waals surface area (Å²) in [6.45, 7) is 2.37. The molecule has 2 heterocycles. The lowest BCUT2D eigenvalue weighted by molar-refractivity contribution is 0.0866. The van der Waals surface area contributed by atoms with Crippen LogP contribution < -0.4 is 15.8 Å². The maximum atomic E-state index is 14.4. The summed E-state index contributed by atoms with van der Waals surface area (Å²) in [5.41, 5.74) is 4.81. The van der Waals surface area contributed by atoms with Crippen LogP contribution in [-0.2, 0) is 0 Å². The molecule has 0 radical (unpaired) electrons. The van der Waals surface area contributed by atoms with Gasteiger partial charge in [-0.1, -0.05) is 0 Å². The quantitative estimate of drug-likeness (QED) is 0.677. The summed E-state index contributed by atoms with van der Waals surface area (Å²) < 4.78 is 34.3. The van der Waals surface area contributed by atoms with Crippen molar-refractivity contribution >= 4 is 23.7 Å². The van der Waals surface area contributed by atoms with E-state index in [0.717, 1.165) is 6.08 Å². The summed E-state index contributed by atoms with van der Waals surface area (Å²) in [6.07, 6.45) is 1.39. The number of carbonyl (C=O) groups excluding carboxylic acids is 1. The van der Waals surface area contributed by atoms with Crippen LogP contribution in [0.15, 0.2) is 34.7 Å². The minimum Gasteiger partial charge on any atom is -0.474 e. The van der Waals surface area contributed by atoms with E-state index in [1.807, 2.05) is 0 Å². The molecule has 0 saturated carbocycles. The van der Waals surface area contributed by atoms with Crippen LogP contribution in [0.4, 0.5) is 24.2 Å². The predicted octanol–water partition coefficient (Wildman–Crippen LogP) is 2.68. The normalized spacial score (nSPS) is 19.0. The van der Waals surface area contributed by atoms with Crippen molar-refractivity contribution in [3.63, 3.8) is 0 Å². The topological polar surface area (TPSA) is 143 Å². The zero-order valence-electron chi connectivity index (χ0n) is 16.1. The molecule has 10 nitrogen and oxygen atoms in total. The second kappa shape index (κ2) is 8.84. The number of carboxylic acid groups (broad SMARTS) is 1. The van der Waals surface area contributed by atoms with Gasteiger partial charge in [-0.2, -0.15) is 4.99 Å². The monoisotopic (exact) mass is 422 g/mol. The third kappa shape index (κ3) is 4.88. The molecule has 0 spiro atoms. The van der Waals surface area contributed by atoms with E-state index in [2.05, 4.69) is 20.3 Å². The minimum atomic E-state index is -1.11. The summed E-state index contributed by atoms with van der Waals surface area (Å²) >= 11 is 0. The first-order valence-electron chi connectivity index (χ1n) is 9.11. The van der Waals surface area contributed by atoms with E-state index in [9.17, 15) is 18.4 Å². The van der Waals surface area contributed by atoms with Gasteiger partial charge in [-0.25, -0.2) is 28.3 Å². The first-order valence-corrected chi connectivity index (χ1v) is 9.11. The highest BCUT2D eigenvalue weighted by molar-refractivity contribution is 6.06. The van der Waals surface area contributed by atoms with E-state index in [1.165, 1.54) is 11.2 Å². The number of urea groups is 1. The van der Waals surface area contributed by atoms with Gasteiger partial charge in [-0.15, -0.1) is 0 Å². The molecular weight excluding hydrogens is 402 g/mol. The van der Waals surface area contributed by atoms with Gasteiger partial charge < -0.3 is 25.8 Å². The maximum Gasteiger partial charge on any atom is 0.407 e. The van der Waals surface area contributed by atoms with Crippen molar-refractivity contribution in [1.82, 2.24) is 14.9 Å². The van der Waals surface area contributed by atoms with E-state index in [0.29, 0.717) is 31.5 Å². The fourth-order valence-corrected chi connectivity index (χ4v) is 3.07. The fraction of sp³-hybridized carbons (Fsp3) is 0.389. The molecule has 30 heavy (non-hydrogen) atoms. The van der Waals surface area contributed by atoms with Crippen LogP contribution in [0.2, 0.25) is 0 Å². The SMILES string of the molecule is Cc1c(NC2=C(F)CC(=NC(N)=O)C(F)=C2)ncnc1OC1CCN(C(=O)O)CC1. The Morgan fingerprint density at radius 3 is 2.67 bits per heavy atom. The van der Waals surface area contributed by atoms with Crippen LogP contribution >= 0.6 is 0 Å². The van der Waals surface area contributed by atoms with Gasteiger partial charge in [-0.3, -0.25) is 0 Å². The Balaban J connectivity index is 1.72. The number of anilines is 1. The zero-order chi connectivity index (χ0) is 21.8. The van der Waals surface area contributed by atoms with Crippen molar-refractivity contribution in [2.24, 2.45) is 10.7 Å². The number of allylic oxidation sites excluding steroid dienone is 3. The Morgan fingerprint density at radius 1 is 1.33 bits per heavy atom. The van der Waals surface area contributed by atoms with Crippen LogP contribution in [0.5, 0.6) is 5.88 Å². The Bertz CT molecular complexity index is 954. The van der Waals surface area contributed by atoms with E-state index in [-0.39, 0.29) is 29.2 Å². The van der Waals surface area contributed by atoms with E-state index < -0.39 is 30.2 Å². The van der Waals surface area contributed by atoms with E-state index in [1.54, 1.807) is 6.92 Å². The van der Waals surface area contributed by atoms with E-state index in [4.69, 9.17) is 15.6 Å². The van der Waals surface area contributed by atoms with Gasteiger partial charge in [0.2, 0.25) is 5.88 Å². The number of hydrogen-bond acceptors (Lipinski definition) is 6. The van der Waals surface area contributed by atoms with Crippen molar-refractivity contribution < 1.29 is 28.2 Å². The van der Waals surface area contributed by atoms with Gasteiger partial charge in [0, 0.05) is 38.4 Å². The van der Waals surface area contributed by atoms with Crippen molar-refractivity contribution in [3.8, 4) is 5.88 Å². The van der Waals surface area contributed by atoms with Crippen molar-refractivity contribution in [2.75, 3.05) is 18.4 Å². The summed E-state index contributed by atoms with van der Waals surface area (Å²) in [7, 11) is 0. The van der Waals surface area contributed by atoms with Gasteiger partial charge in [0.25, 0.3) is 0 Å². The largest absolute Gasteiger partial charge is 0.474 e. The molecule has 1 aliphatic carbocycles.